The fourth-order valence-electron chi connectivity index (χ4n) is 7.42. The molecule has 4 N–H and O–H groups in total. The van der Waals surface area contributed by atoms with Crippen molar-refractivity contribution in [1.29, 1.82) is 0 Å². The molecule has 2 aliphatic rings. The number of allylic oxidation sites excluding steroid dienone is 2. The largest absolute Gasteiger partial charge is 0.493 e. The van der Waals surface area contributed by atoms with Gasteiger partial charge in [-0.3, -0.25) is 9.59 Å². The van der Waals surface area contributed by atoms with Gasteiger partial charge in [-0.05, 0) is 81.0 Å². The van der Waals surface area contributed by atoms with Crippen molar-refractivity contribution in [1.82, 2.24) is 0 Å². The van der Waals surface area contributed by atoms with Gasteiger partial charge in [-0.25, -0.2) is 0 Å². The van der Waals surface area contributed by atoms with E-state index in [0.29, 0.717) is 84.6 Å². The lowest BCUT2D eigenvalue weighted by molar-refractivity contribution is 0.0855. The van der Waals surface area contributed by atoms with Crippen molar-refractivity contribution in [3.05, 3.63) is 59.7 Å². The number of nitrogens with one attached hydrogen (secondary N) is 1. The van der Waals surface area contributed by atoms with Crippen LogP contribution in [0.4, 0.5) is 11.4 Å². The Kier molecular flexibility index (Phi) is 15.1. The smallest absolute Gasteiger partial charge is 0.406 e. The summed E-state index contributed by atoms with van der Waals surface area (Å²) in [4.78, 5) is 27.6. The average molecular weight is 776 g/mol. The summed E-state index contributed by atoms with van der Waals surface area (Å²) in [5.41, 5.74) is 10.1. The van der Waals surface area contributed by atoms with Gasteiger partial charge in [0.1, 0.15) is 0 Å². The molecule has 2 aromatic carbocycles. The van der Waals surface area contributed by atoms with Crippen molar-refractivity contribution < 1.29 is 38.0 Å². The number of ketones is 2. The lowest BCUT2D eigenvalue weighted by atomic mass is 9.84. The number of carbonyl (C=O) groups excluding carboxylic acids is 2. The van der Waals surface area contributed by atoms with E-state index in [4.69, 9.17) is 35.7 Å². The van der Waals surface area contributed by atoms with E-state index >= 15 is 0 Å². The first-order valence-corrected chi connectivity index (χ1v) is 22.7. The molecule has 0 saturated heterocycles. The first kappa shape index (κ1) is 43.9. The molecule has 2 fully saturated rings. The maximum Gasteiger partial charge on any atom is 0.406 e. The third kappa shape index (κ3) is 10.9. The second kappa shape index (κ2) is 18.9. The fourth-order valence-corrected chi connectivity index (χ4v) is 8.49. The zero-order chi connectivity index (χ0) is 40.7. The summed E-state index contributed by atoms with van der Waals surface area (Å²) in [6.07, 6.45) is 5.90. The van der Waals surface area contributed by atoms with E-state index in [1.54, 1.807) is 45.3 Å². The molecule has 10 nitrogen and oxygen atoms in total. The molecule has 0 bridgehead atoms. The lowest BCUT2D eigenvalue weighted by Crippen LogP contribution is -2.42. The van der Waals surface area contributed by atoms with Crippen molar-refractivity contribution in [2.75, 3.05) is 45.0 Å². The van der Waals surface area contributed by atoms with Crippen molar-refractivity contribution in [2.24, 2.45) is 23.7 Å². The number of anilines is 2. The van der Waals surface area contributed by atoms with Crippen LogP contribution in [-0.4, -0.2) is 66.0 Å². The minimum Gasteiger partial charge on any atom is -0.493 e. The number of carbonyl (C=O) groups is 2. The normalized spacial score (nSPS) is 20.0. The number of nitrogen functional groups attached to an aromatic ring is 1. The average Bonchev–Trinajstić information content (AvgIpc) is 3.70. The Bertz CT molecular complexity index is 1700. The molecule has 4 rings (SSSR count). The molecule has 55 heavy (non-hydrogen) atoms. The number of ether oxygens (including phenoxy) is 4. The molecule has 12 heteroatoms. The lowest BCUT2D eigenvalue weighted by Gasteiger charge is -2.37. The number of unbranched alkanes of at least 4 members (excludes halogenated alkanes) is 2. The van der Waals surface area contributed by atoms with E-state index in [1.165, 1.54) is 0 Å². The van der Waals surface area contributed by atoms with Gasteiger partial charge in [-0.1, -0.05) is 46.3 Å². The zero-order valence-corrected chi connectivity index (χ0v) is 35.6. The third-order valence-corrected chi connectivity index (χ3v) is 16.2. The van der Waals surface area contributed by atoms with E-state index in [2.05, 4.69) is 52.6 Å². The van der Waals surface area contributed by atoms with Gasteiger partial charge in [-0.2, -0.15) is 0 Å². The fraction of sp³-hybridized carbons (Fsp3) is 0.581. The van der Waals surface area contributed by atoms with Crippen LogP contribution >= 0.6 is 0 Å². The van der Waals surface area contributed by atoms with Crippen molar-refractivity contribution in [2.45, 2.75) is 104 Å². The Labute approximate surface area is 330 Å². The molecule has 2 aromatic rings. The molecule has 0 spiro atoms. The van der Waals surface area contributed by atoms with Gasteiger partial charge >= 0.3 is 7.05 Å². The molecule has 0 aliphatic heterocycles. The van der Waals surface area contributed by atoms with Crippen molar-refractivity contribution >= 4 is 38.3 Å². The summed E-state index contributed by atoms with van der Waals surface area (Å²) in [6, 6.07) is 6.80. The van der Waals surface area contributed by atoms with E-state index in [-0.39, 0.29) is 40.3 Å². The van der Waals surface area contributed by atoms with Crippen LogP contribution in [0.1, 0.15) is 99.8 Å². The number of hydrogen-bond donors (Lipinski definition) is 3. The van der Waals surface area contributed by atoms with Crippen LogP contribution in [0.15, 0.2) is 42.0 Å². The predicted molar refractivity (Wildman–Crippen MR) is 224 cm³/mol. The molecule has 2 unspecified atom stereocenters. The summed E-state index contributed by atoms with van der Waals surface area (Å²) >= 11 is 0. The number of rotatable bonds is 20. The summed E-state index contributed by atoms with van der Waals surface area (Å²) in [7, 11) is 0.243. The number of benzene rings is 2. The SMILES string of the molecule is [CH+]=C1CC(C(=O)c2cc(OC)c(OCCCCCOc3cc(NB(C)O)c(C(=O)C4CC(=C)C[C@H]4CC)cc3OC)cc2N)[C@H](CO[Si](C)(C)C(C)(C)C)C1. The van der Waals surface area contributed by atoms with Gasteiger partial charge in [-0.15, -0.1) is 0 Å². The van der Waals surface area contributed by atoms with E-state index in [0.717, 1.165) is 43.3 Å². The van der Waals surface area contributed by atoms with Crippen LogP contribution in [0, 0.1) is 30.3 Å². The van der Waals surface area contributed by atoms with Crippen LogP contribution in [0.5, 0.6) is 23.0 Å². The summed E-state index contributed by atoms with van der Waals surface area (Å²) in [6.45, 7) is 26.5. The monoisotopic (exact) mass is 775 g/mol. The summed E-state index contributed by atoms with van der Waals surface area (Å²) in [5, 5.41) is 13.2. The highest BCUT2D eigenvalue weighted by Crippen LogP contribution is 2.44. The zero-order valence-electron chi connectivity index (χ0n) is 34.6. The molecule has 0 aromatic heterocycles. The number of Topliss-reactive ketones (excluding diaryl/α,β-unsaturated/α-hetero) is 2. The van der Waals surface area contributed by atoms with Crippen LogP contribution in [0.3, 0.4) is 0 Å². The van der Waals surface area contributed by atoms with Gasteiger partial charge in [0.05, 0.1) is 27.4 Å². The summed E-state index contributed by atoms with van der Waals surface area (Å²) < 4.78 is 30.0. The van der Waals surface area contributed by atoms with Gasteiger partial charge in [0.15, 0.2) is 48.5 Å². The number of nitrogens with two attached hydrogens (primary N) is 1. The first-order chi connectivity index (χ1) is 25.9. The van der Waals surface area contributed by atoms with Gasteiger partial charge < -0.3 is 39.4 Å². The highest BCUT2D eigenvalue weighted by Gasteiger charge is 2.43. The second-order valence-corrected chi connectivity index (χ2v) is 21.7. The van der Waals surface area contributed by atoms with E-state index < -0.39 is 15.4 Å². The van der Waals surface area contributed by atoms with Gasteiger partial charge in [0.2, 0.25) is 6.58 Å². The molecule has 0 radical (unpaired) electrons. The predicted octanol–water partition coefficient (Wildman–Crippen LogP) is 9.20. The third-order valence-electron chi connectivity index (χ3n) is 11.7. The Morgan fingerprint density at radius 2 is 1.45 bits per heavy atom. The Morgan fingerprint density at radius 1 is 0.891 bits per heavy atom. The maximum absolute atomic E-state index is 13.9. The molecule has 2 saturated carbocycles. The molecule has 0 amide bonds. The van der Waals surface area contributed by atoms with E-state index in [1.807, 2.05) is 0 Å². The molecular formula is C43H64BN2O8Si+. The van der Waals surface area contributed by atoms with Crippen LogP contribution in [0.2, 0.25) is 25.0 Å². The van der Waals surface area contributed by atoms with E-state index in [9.17, 15) is 14.6 Å². The van der Waals surface area contributed by atoms with Crippen LogP contribution in [0.25, 0.3) is 0 Å². The van der Waals surface area contributed by atoms with Crippen LogP contribution < -0.4 is 29.9 Å². The highest BCUT2D eigenvalue weighted by molar-refractivity contribution is 6.74. The number of methoxy groups -OCH3 is 2. The first-order valence-electron chi connectivity index (χ1n) is 19.8. The minimum absolute atomic E-state index is 0.00369. The van der Waals surface area contributed by atoms with Crippen LogP contribution in [-0.2, 0) is 4.43 Å². The Balaban J connectivity index is 1.33. The second-order valence-electron chi connectivity index (χ2n) is 16.9. The number of hydrogen-bond acceptors (Lipinski definition) is 10. The molecule has 0 heterocycles. The standard InChI is InChI=1S/C43H63BN2O8Si/c1-12-29-18-27(2)20-31(29)42(48)34-23-38(51-9)40(25-36(34)46-44(7)49)53-17-15-13-14-16-52-39-24-35(45)33(22-37(39)50-8)41(47)32-21-28(3)19-30(32)26-54-55(10,11)43(4,5)6/h3,22-25,29-32,49H,2,12-21,26H2,1,4-11H3,(H2-,45,46,47,48)/p+1/t29-,30+,31?,32?/m1/s1. The van der Waals surface area contributed by atoms with Crippen molar-refractivity contribution in [3.63, 3.8) is 0 Å². The molecule has 4 atom stereocenters. The maximum atomic E-state index is 13.9. The van der Waals surface area contributed by atoms with Crippen molar-refractivity contribution in [3.8, 4) is 23.0 Å². The minimum atomic E-state index is -1.99. The quantitative estimate of drug-likeness (QED) is 0.0298. The van der Waals surface area contributed by atoms with Gasteiger partial charge in [0.25, 0.3) is 0 Å². The Morgan fingerprint density at radius 3 is 2.02 bits per heavy atom. The summed E-state index contributed by atoms with van der Waals surface area (Å²) in [5.74, 6) is 1.64. The highest BCUT2D eigenvalue weighted by atomic mass is 28.4. The molecular weight excluding hydrogens is 711 g/mol. The molecule has 300 valence electrons. The van der Waals surface area contributed by atoms with Gasteiger partial charge in [0, 0.05) is 65.9 Å². The topological polar surface area (TPSA) is 139 Å². The Hall–Kier alpha value is -3.83. The molecule has 2 aliphatic carbocycles.